The SMILES string of the molecule is C[C@H](O)[C@H]1C[C@H]1c1ccc(OC(F)(F)F)cc1. The van der Waals surface area contributed by atoms with E-state index in [1.54, 1.807) is 19.1 Å². The predicted octanol–water partition coefficient (Wildman–Crippen LogP) is 3.07. The van der Waals surface area contributed by atoms with Gasteiger partial charge in [-0.05, 0) is 42.9 Å². The molecular formula is C12H13F3O2. The quantitative estimate of drug-likeness (QED) is 0.888. The molecule has 1 aliphatic rings. The molecule has 2 nitrogen and oxygen atoms in total. The Morgan fingerprint density at radius 2 is 1.88 bits per heavy atom. The van der Waals surface area contributed by atoms with Crippen molar-refractivity contribution in [3.05, 3.63) is 29.8 Å². The molecule has 2 rings (SSSR count). The van der Waals surface area contributed by atoms with Gasteiger partial charge in [0.2, 0.25) is 0 Å². The van der Waals surface area contributed by atoms with Gasteiger partial charge in [-0.3, -0.25) is 0 Å². The molecule has 3 atom stereocenters. The van der Waals surface area contributed by atoms with Crippen LogP contribution in [-0.2, 0) is 0 Å². The summed E-state index contributed by atoms with van der Waals surface area (Å²) in [6.45, 7) is 1.73. The van der Waals surface area contributed by atoms with E-state index in [1.165, 1.54) is 12.1 Å². The van der Waals surface area contributed by atoms with Crippen LogP contribution in [0.4, 0.5) is 13.2 Å². The van der Waals surface area contributed by atoms with Gasteiger partial charge >= 0.3 is 6.36 Å². The molecule has 1 N–H and O–H groups in total. The van der Waals surface area contributed by atoms with E-state index in [2.05, 4.69) is 4.74 Å². The number of ether oxygens (including phenoxy) is 1. The van der Waals surface area contributed by atoms with Crippen molar-refractivity contribution in [3.63, 3.8) is 0 Å². The lowest BCUT2D eigenvalue weighted by atomic mass is 10.1. The van der Waals surface area contributed by atoms with E-state index in [9.17, 15) is 18.3 Å². The van der Waals surface area contributed by atoms with Crippen molar-refractivity contribution in [1.29, 1.82) is 0 Å². The third kappa shape index (κ3) is 3.12. The normalized spacial score (nSPS) is 25.5. The number of benzene rings is 1. The van der Waals surface area contributed by atoms with Crippen molar-refractivity contribution in [3.8, 4) is 5.75 Å². The average molecular weight is 246 g/mol. The molecule has 0 heterocycles. The van der Waals surface area contributed by atoms with Gasteiger partial charge < -0.3 is 9.84 Å². The fourth-order valence-corrected chi connectivity index (χ4v) is 2.05. The lowest BCUT2D eigenvalue weighted by Crippen LogP contribution is -2.17. The third-order valence-corrected chi connectivity index (χ3v) is 3.00. The molecule has 1 aromatic carbocycles. The van der Waals surface area contributed by atoms with Crippen LogP contribution in [0.15, 0.2) is 24.3 Å². The highest BCUT2D eigenvalue weighted by atomic mass is 19.4. The van der Waals surface area contributed by atoms with Crippen LogP contribution in [0.2, 0.25) is 0 Å². The van der Waals surface area contributed by atoms with Gasteiger partial charge in [-0.1, -0.05) is 12.1 Å². The Morgan fingerprint density at radius 3 is 2.29 bits per heavy atom. The van der Waals surface area contributed by atoms with Crippen LogP contribution in [-0.4, -0.2) is 17.6 Å². The molecule has 17 heavy (non-hydrogen) atoms. The van der Waals surface area contributed by atoms with Gasteiger partial charge in [0.25, 0.3) is 0 Å². The Bertz CT molecular complexity index is 384. The number of halogens is 3. The second-order valence-corrected chi connectivity index (χ2v) is 4.36. The summed E-state index contributed by atoms with van der Waals surface area (Å²) in [4.78, 5) is 0. The Kier molecular flexibility index (Phi) is 3.03. The molecular weight excluding hydrogens is 233 g/mol. The lowest BCUT2D eigenvalue weighted by molar-refractivity contribution is -0.274. The molecule has 0 saturated heterocycles. The minimum Gasteiger partial charge on any atom is -0.406 e. The number of rotatable bonds is 3. The highest BCUT2D eigenvalue weighted by Gasteiger charge is 2.41. The number of hydrogen-bond donors (Lipinski definition) is 1. The summed E-state index contributed by atoms with van der Waals surface area (Å²) < 4.78 is 39.6. The monoisotopic (exact) mass is 246 g/mol. The number of aliphatic hydroxyl groups excluding tert-OH is 1. The second-order valence-electron chi connectivity index (χ2n) is 4.36. The van der Waals surface area contributed by atoms with Crippen molar-refractivity contribution >= 4 is 0 Å². The minimum atomic E-state index is -4.65. The Hall–Kier alpha value is -1.23. The highest BCUT2D eigenvalue weighted by molar-refractivity contribution is 5.33. The smallest absolute Gasteiger partial charge is 0.406 e. The largest absolute Gasteiger partial charge is 0.573 e. The van der Waals surface area contributed by atoms with Crippen molar-refractivity contribution < 1.29 is 23.0 Å². The van der Waals surface area contributed by atoms with E-state index in [4.69, 9.17) is 0 Å². The first-order valence-electron chi connectivity index (χ1n) is 5.40. The molecule has 1 aliphatic carbocycles. The van der Waals surface area contributed by atoms with E-state index in [0.717, 1.165) is 12.0 Å². The second kappa shape index (κ2) is 4.22. The average Bonchev–Trinajstić information content (AvgIpc) is 2.96. The van der Waals surface area contributed by atoms with Crippen LogP contribution in [0.1, 0.15) is 24.8 Å². The summed E-state index contributed by atoms with van der Waals surface area (Å²) in [5.41, 5.74) is 0.949. The molecule has 1 fully saturated rings. The van der Waals surface area contributed by atoms with Gasteiger partial charge in [0.05, 0.1) is 6.10 Å². The van der Waals surface area contributed by atoms with E-state index < -0.39 is 6.36 Å². The van der Waals surface area contributed by atoms with E-state index >= 15 is 0 Å². The fourth-order valence-electron chi connectivity index (χ4n) is 2.05. The topological polar surface area (TPSA) is 29.5 Å². The van der Waals surface area contributed by atoms with Crippen molar-refractivity contribution in [2.75, 3.05) is 0 Å². The first kappa shape index (κ1) is 12.2. The first-order chi connectivity index (χ1) is 7.87. The van der Waals surface area contributed by atoms with Crippen molar-refractivity contribution in [1.82, 2.24) is 0 Å². The van der Waals surface area contributed by atoms with Gasteiger partial charge in [0.15, 0.2) is 0 Å². The first-order valence-corrected chi connectivity index (χ1v) is 5.40. The third-order valence-electron chi connectivity index (χ3n) is 3.00. The van der Waals surface area contributed by atoms with Crippen LogP contribution in [0.5, 0.6) is 5.75 Å². The molecule has 0 bridgehead atoms. The number of aliphatic hydroxyl groups is 1. The van der Waals surface area contributed by atoms with Crippen LogP contribution in [0, 0.1) is 5.92 Å². The van der Waals surface area contributed by atoms with Gasteiger partial charge in [-0.25, -0.2) is 0 Å². The summed E-state index contributed by atoms with van der Waals surface area (Å²) in [5, 5.41) is 9.36. The summed E-state index contributed by atoms with van der Waals surface area (Å²) in [7, 11) is 0. The molecule has 0 aliphatic heterocycles. The zero-order chi connectivity index (χ0) is 12.6. The van der Waals surface area contributed by atoms with Crippen molar-refractivity contribution in [2.45, 2.75) is 31.7 Å². The Balaban J connectivity index is 2.00. The Labute approximate surface area is 97.0 Å². The zero-order valence-electron chi connectivity index (χ0n) is 9.24. The molecule has 5 heteroatoms. The van der Waals surface area contributed by atoms with Gasteiger partial charge in [-0.2, -0.15) is 0 Å². The standard InChI is InChI=1S/C12H13F3O2/c1-7(16)10-6-11(10)8-2-4-9(5-3-8)17-12(13,14)15/h2-5,7,10-11,16H,6H2,1H3/t7-,10+,11-/m0/s1. The maximum atomic E-state index is 11.9. The number of hydrogen-bond acceptors (Lipinski definition) is 2. The predicted molar refractivity (Wildman–Crippen MR) is 55.7 cm³/mol. The van der Waals surface area contributed by atoms with Gasteiger partial charge in [0, 0.05) is 0 Å². The zero-order valence-corrected chi connectivity index (χ0v) is 9.24. The molecule has 0 spiro atoms. The summed E-state index contributed by atoms with van der Waals surface area (Å²) in [6, 6.07) is 5.85. The maximum Gasteiger partial charge on any atom is 0.573 e. The molecule has 0 unspecified atom stereocenters. The van der Waals surface area contributed by atoms with Crippen molar-refractivity contribution in [2.24, 2.45) is 5.92 Å². The molecule has 0 radical (unpaired) electrons. The van der Waals surface area contributed by atoms with E-state index in [0.29, 0.717) is 0 Å². The minimum absolute atomic E-state index is 0.213. The number of alkyl halides is 3. The fraction of sp³-hybridized carbons (Fsp3) is 0.500. The molecule has 0 aromatic heterocycles. The summed E-state index contributed by atoms with van der Waals surface area (Å²) in [6.07, 6.45) is -4.13. The van der Waals surface area contributed by atoms with Crippen LogP contribution >= 0.6 is 0 Å². The lowest BCUT2D eigenvalue weighted by Gasteiger charge is -2.09. The molecule has 94 valence electrons. The van der Waals surface area contributed by atoms with Crippen LogP contribution in [0.3, 0.4) is 0 Å². The maximum absolute atomic E-state index is 11.9. The van der Waals surface area contributed by atoms with Crippen LogP contribution < -0.4 is 4.74 Å². The van der Waals surface area contributed by atoms with Gasteiger partial charge in [0.1, 0.15) is 5.75 Å². The molecule has 0 amide bonds. The Morgan fingerprint density at radius 1 is 1.29 bits per heavy atom. The van der Waals surface area contributed by atoms with Crippen LogP contribution in [0.25, 0.3) is 0 Å². The summed E-state index contributed by atoms with van der Waals surface area (Å²) in [5.74, 6) is 0.273. The van der Waals surface area contributed by atoms with E-state index in [1.807, 2.05) is 0 Å². The molecule has 1 aromatic rings. The summed E-state index contributed by atoms with van der Waals surface area (Å²) >= 11 is 0. The molecule has 1 saturated carbocycles. The van der Waals surface area contributed by atoms with Gasteiger partial charge in [-0.15, -0.1) is 13.2 Å². The highest BCUT2D eigenvalue weighted by Crippen LogP contribution is 2.49. The van der Waals surface area contributed by atoms with E-state index in [-0.39, 0.29) is 23.7 Å².